The molecule has 1 aliphatic rings. The van der Waals surface area contributed by atoms with Crippen LogP contribution in [0.5, 0.6) is 0 Å². The van der Waals surface area contributed by atoms with Gasteiger partial charge in [-0.15, -0.1) is 0 Å². The average Bonchev–Trinajstić information content (AvgIpc) is 3.16. The van der Waals surface area contributed by atoms with E-state index in [1.54, 1.807) is 6.33 Å². The molecule has 118 valence electrons. The van der Waals surface area contributed by atoms with E-state index in [2.05, 4.69) is 15.2 Å². The lowest BCUT2D eigenvalue weighted by Gasteiger charge is -2.32. The average molecular weight is 324 g/mol. The number of rotatable bonds is 4. The topological polar surface area (TPSA) is 77.0 Å². The summed E-state index contributed by atoms with van der Waals surface area (Å²) in [4.78, 5) is 18.3. The van der Waals surface area contributed by atoms with Crippen molar-refractivity contribution in [3.05, 3.63) is 29.1 Å². The van der Waals surface area contributed by atoms with Crippen molar-refractivity contribution in [2.24, 2.45) is 0 Å². The largest absolute Gasteiger partial charge is 0.344 e. The number of likely N-dealkylation sites (tertiary alicyclic amines) is 1. The Morgan fingerprint density at radius 1 is 1.55 bits per heavy atom. The van der Waals surface area contributed by atoms with E-state index in [-0.39, 0.29) is 17.2 Å². The summed E-state index contributed by atoms with van der Waals surface area (Å²) in [5.41, 5.74) is 1.57. The van der Waals surface area contributed by atoms with Crippen LogP contribution in [0.25, 0.3) is 0 Å². The zero-order chi connectivity index (χ0) is 15.5. The molecule has 1 saturated heterocycles. The van der Waals surface area contributed by atoms with Crippen LogP contribution in [-0.2, 0) is 11.2 Å². The molecule has 0 aliphatic carbocycles. The lowest BCUT2D eigenvalue weighted by molar-refractivity contribution is -0.132. The zero-order valence-electron chi connectivity index (χ0n) is 12.4. The monoisotopic (exact) mass is 323 g/mol. The molecule has 7 nitrogen and oxygen atoms in total. The highest BCUT2D eigenvalue weighted by Crippen LogP contribution is 2.23. The summed E-state index contributed by atoms with van der Waals surface area (Å²) < 4.78 is 6.74. The zero-order valence-corrected chi connectivity index (χ0v) is 13.2. The number of piperidine rings is 1. The van der Waals surface area contributed by atoms with Crippen molar-refractivity contribution in [3.63, 3.8) is 0 Å². The fourth-order valence-electron chi connectivity index (χ4n) is 2.83. The molecule has 1 fully saturated rings. The van der Waals surface area contributed by atoms with Crippen molar-refractivity contribution in [3.8, 4) is 0 Å². The number of amides is 1. The number of halogens is 1. The van der Waals surface area contributed by atoms with Crippen LogP contribution >= 0.6 is 11.6 Å². The van der Waals surface area contributed by atoms with Gasteiger partial charge in [-0.05, 0) is 37.8 Å². The van der Waals surface area contributed by atoms with Crippen LogP contribution in [0.1, 0.15) is 36.6 Å². The lowest BCUT2D eigenvalue weighted by Crippen LogP contribution is -2.41. The van der Waals surface area contributed by atoms with Gasteiger partial charge in [0.25, 0.3) is 0 Å². The van der Waals surface area contributed by atoms with E-state index >= 15 is 0 Å². The Morgan fingerprint density at radius 2 is 2.41 bits per heavy atom. The predicted molar refractivity (Wildman–Crippen MR) is 79.4 cm³/mol. The first-order valence-corrected chi connectivity index (χ1v) is 7.75. The van der Waals surface area contributed by atoms with E-state index in [1.165, 1.54) is 6.33 Å². The molecule has 0 spiro atoms. The van der Waals surface area contributed by atoms with Gasteiger partial charge < -0.3 is 9.42 Å². The Balaban J connectivity index is 1.58. The van der Waals surface area contributed by atoms with E-state index < -0.39 is 0 Å². The van der Waals surface area contributed by atoms with E-state index in [1.807, 2.05) is 16.5 Å². The summed E-state index contributed by atoms with van der Waals surface area (Å²) in [7, 11) is 0. The molecule has 8 heteroatoms. The molecular formula is C14H18ClN5O2. The van der Waals surface area contributed by atoms with E-state index in [0.717, 1.165) is 30.6 Å². The fourth-order valence-corrected chi connectivity index (χ4v) is 3.10. The fraction of sp³-hybridized carbons (Fsp3) is 0.571. The number of hydrogen-bond acceptors (Lipinski definition) is 5. The molecule has 1 amide bonds. The number of aryl methyl sites for hydroxylation is 1. The van der Waals surface area contributed by atoms with Gasteiger partial charge in [-0.3, -0.25) is 4.79 Å². The molecule has 2 aromatic heterocycles. The Hall–Kier alpha value is -1.89. The van der Waals surface area contributed by atoms with Crippen LogP contribution in [0.2, 0.25) is 5.22 Å². The van der Waals surface area contributed by atoms with Crippen LogP contribution in [0.15, 0.2) is 17.2 Å². The molecule has 0 saturated carbocycles. The summed E-state index contributed by atoms with van der Waals surface area (Å²) in [5.74, 6) is 0.126. The standard InChI is InChI=1S/C14H18ClN5O2/c1-10-12(14(15)22-18-10)4-5-13(21)19-6-2-3-11(7-19)20-9-16-8-17-20/h8-9,11H,2-7H2,1H3/t11-/m0/s1. The predicted octanol–water partition coefficient (Wildman–Crippen LogP) is 2.02. The van der Waals surface area contributed by atoms with Gasteiger partial charge in [0.2, 0.25) is 11.1 Å². The van der Waals surface area contributed by atoms with E-state index in [0.29, 0.717) is 19.4 Å². The molecule has 3 rings (SSSR count). The van der Waals surface area contributed by atoms with Crippen molar-refractivity contribution in [2.75, 3.05) is 13.1 Å². The maximum absolute atomic E-state index is 12.4. The third-order valence-corrected chi connectivity index (χ3v) is 4.38. The number of hydrogen-bond donors (Lipinski definition) is 0. The second-order valence-electron chi connectivity index (χ2n) is 5.53. The third kappa shape index (κ3) is 3.14. The van der Waals surface area contributed by atoms with Gasteiger partial charge in [-0.1, -0.05) is 5.16 Å². The van der Waals surface area contributed by atoms with Gasteiger partial charge in [0, 0.05) is 25.1 Å². The second-order valence-corrected chi connectivity index (χ2v) is 5.87. The van der Waals surface area contributed by atoms with Gasteiger partial charge in [-0.25, -0.2) is 9.67 Å². The molecule has 0 bridgehead atoms. The molecule has 1 atom stereocenters. The number of carbonyl (C=O) groups is 1. The summed E-state index contributed by atoms with van der Waals surface area (Å²) in [6.07, 6.45) is 6.19. The maximum Gasteiger partial charge on any atom is 0.229 e. The van der Waals surface area contributed by atoms with Gasteiger partial charge in [-0.2, -0.15) is 5.10 Å². The Morgan fingerprint density at radius 3 is 3.09 bits per heavy atom. The van der Waals surface area contributed by atoms with Crippen molar-refractivity contribution in [1.29, 1.82) is 0 Å². The first-order chi connectivity index (χ1) is 10.6. The smallest absolute Gasteiger partial charge is 0.229 e. The Labute approximate surface area is 133 Å². The quantitative estimate of drug-likeness (QED) is 0.860. The SMILES string of the molecule is Cc1noc(Cl)c1CCC(=O)N1CCC[C@H](n2cncn2)C1. The normalized spacial score (nSPS) is 18.6. The molecule has 0 radical (unpaired) electrons. The number of carbonyl (C=O) groups excluding carboxylic acids is 1. The molecule has 0 unspecified atom stereocenters. The second kappa shape index (κ2) is 6.48. The maximum atomic E-state index is 12.4. The minimum Gasteiger partial charge on any atom is -0.344 e. The summed E-state index contributed by atoms with van der Waals surface area (Å²) in [5, 5.41) is 8.26. The van der Waals surface area contributed by atoms with Gasteiger partial charge in [0.15, 0.2) is 0 Å². The number of nitrogens with zero attached hydrogens (tertiary/aromatic N) is 5. The van der Waals surface area contributed by atoms with Gasteiger partial charge in [0.1, 0.15) is 12.7 Å². The van der Waals surface area contributed by atoms with Crippen molar-refractivity contribution in [2.45, 2.75) is 38.6 Å². The molecule has 0 N–H and O–H groups in total. The van der Waals surface area contributed by atoms with E-state index in [9.17, 15) is 4.79 Å². The highest BCUT2D eigenvalue weighted by Gasteiger charge is 2.25. The van der Waals surface area contributed by atoms with Crippen LogP contribution < -0.4 is 0 Å². The Kier molecular flexibility index (Phi) is 4.42. The summed E-state index contributed by atoms with van der Waals surface area (Å²) in [6.45, 7) is 3.30. The molecule has 22 heavy (non-hydrogen) atoms. The first-order valence-electron chi connectivity index (χ1n) is 7.37. The van der Waals surface area contributed by atoms with Crippen molar-refractivity contribution in [1.82, 2.24) is 24.8 Å². The van der Waals surface area contributed by atoms with Gasteiger partial charge >= 0.3 is 0 Å². The van der Waals surface area contributed by atoms with Crippen LogP contribution in [0.3, 0.4) is 0 Å². The summed E-state index contributed by atoms with van der Waals surface area (Å²) in [6, 6.07) is 0.209. The number of aromatic nitrogens is 4. The first kappa shape index (κ1) is 15.0. The van der Waals surface area contributed by atoms with E-state index in [4.69, 9.17) is 16.1 Å². The van der Waals surface area contributed by atoms with Crippen LogP contribution in [-0.4, -0.2) is 43.8 Å². The van der Waals surface area contributed by atoms with Gasteiger partial charge in [0.05, 0.1) is 11.7 Å². The summed E-state index contributed by atoms with van der Waals surface area (Å²) >= 11 is 5.93. The van der Waals surface area contributed by atoms with Crippen LogP contribution in [0.4, 0.5) is 0 Å². The minimum atomic E-state index is 0.126. The minimum absolute atomic E-state index is 0.126. The third-order valence-electron chi connectivity index (χ3n) is 4.09. The Bertz CT molecular complexity index is 620. The highest BCUT2D eigenvalue weighted by atomic mass is 35.5. The molecule has 3 heterocycles. The molecular weight excluding hydrogens is 306 g/mol. The molecule has 1 aliphatic heterocycles. The van der Waals surface area contributed by atoms with Crippen molar-refractivity contribution >= 4 is 17.5 Å². The van der Waals surface area contributed by atoms with Crippen LogP contribution in [0, 0.1) is 6.92 Å². The lowest BCUT2D eigenvalue weighted by atomic mass is 10.0. The molecule has 2 aromatic rings. The van der Waals surface area contributed by atoms with Crippen molar-refractivity contribution < 1.29 is 9.32 Å². The molecule has 0 aromatic carbocycles. The highest BCUT2D eigenvalue weighted by molar-refractivity contribution is 6.29.